The number of aliphatic hydroxyl groups is 1. The molecule has 0 radical (unpaired) electrons. The maximum atomic E-state index is 10.8. The molecule has 0 fully saturated rings. The third kappa shape index (κ3) is 4.28. The fraction of sp³-hybridized carbons (Fsp3) is 0.227. The van der Waals surface area contributed by atoms with Gasteiger partial charge < -0.3 is 10.2 Å². The van der Waals surface area contributed by atoms with E-state index in [0.29, 0.717) is 16.6 Å². The Morgan fingerprint density at radius 1 is 1.17 bits per heavy atom. The summed E-state index contributed by atoms with van der Waals surface area (Å²) >= 11 is 8.12. The van der Waals surface area contributed by atoms with Crippen LogP contribution in [0.15, 0.2) is 52.4 Å². The van der Waals surface area contributed by atoms with E-state index >= 15 is 0 Å². The Morgan fingerprint density at radius 2 is 1.83 bits per heavy atom. The first-order valence-corrected chi connectivity index (χ1v) is 10.8. The van der Waals surface area contributed by atoms with Gasteiger partial charge in [0.2, 0.25) is 6.23 Å². The van der Waals surface area contributed by atoms with E-state index in [1.165, 1.54) is 0 Å². The summed E-state index contributed by atoms with van der Waals surface area (Å²) < 4.78 is 1.99. The maximum Gasteiger partial charge on any atom is 0.300 e. The predicted molar refractivity (Wildman–Crippen MR) is 120 cm³/mol. The van der Waals surface area contributed by atoms with Gasteiger partial charge in [-0.3, -0.25) is 9.36 Å². The molecule has 6 nitrogen and oxygen atoms in total. The van der Waals surface area contributed by atoms with Crippen molar-refractivity contribution in [1.29, 1.82) is 0 Å². The number of fused-ring (bicyclic) bond motifs is 3. The standard InChI is InChI=1S/C20H18ClN3OS.C2H4O2/c1-11-12(2)24-17-9-8-13(26-3)10-15(17)18(23-20(25)19(24)22-11)14-6-4-5-7-16(14)21;1-2(3)4/h4-10,20,25H,1-3H3;1H3,(H,3,4). The zero-order chi connectivity index (χ0) is 22.0. The number of imidazole rings is 1. The van der Waals surface area contributed by atoms with E-state index in [4.69, 9.17) is 21.5 Å². The molecular weight excluding hydrogens is 422 g/mol. The Balaban J connectivity index is 0.000000589. The fourth-order valence-corrected chi connectivity index (χ4v) is 3.92. The van der Waals surface area contributed by atoms with Crippen LogP contribution in [-0.4, -0.2) is 37.7 Å². The van der Waals surface area contributed by atoms with Crippen molar-refractivity contribution < 1.29 is 15.0 Å². The summed E-state index contributed by atoms with van der Waals surface area (Å²) in [4.78, 5) is 19.3. The lowest BCUT2D eigenvalue weighted by Gasteiger charge is -2.15. The fourth-order valence-electron chi connectivity index (χ4n) is 3.26. The van der Waals surface area contributed by atoms with Crippen molar-refractivity contribution in [2.24, 2.45) is 4.99 Å². The minimum Gasteiger partial charge on any atom is -0.481 e. The van der Waals surface area contributed by atoms with Gasteiger partial charge in [0.25, 0.3) is 5.97 Å². The Hall–Kier alpha value is -2.61. The van der Waals surface area contributed by atoms with E-state index < -0.39 is 12.2 Å². The van der Waals surface area contributed by atoms with Crippen LogP contribution in [0.4, 0.5) is 0 Å². The first kappa shape index (κ1) is 22.1. The number of aromatic nitrogens is 2. The minimum absolute atomic E-state index is 0.528. The number of benzene rings is 2. The Morgan fingerprint density at radius 3 is 2.47 bits per heavy atom. The molecule has 1 aliphatic heterocycles. The van der Waals surface area contributed by atoms with Gasteiger partial charge in [0.05, 0.1) is 17.1 Å². The highest BCUT2D eigenvalue weighted by Crippen LogP contribution is 2.34. The third-order valence-electron chi connectivity index (χ3n) is 4.68. The zero-order valence-corrected chi connectivity index (χ0v) is 18.6. The molecule has 0 saturated heterocycles. The van der Waals surface area contributed by atoms with Gasteiger partial charge in [0.15, 0.2) is 5.82 Å². The van der Waals surface area contributed by atoms with Gasteiger partial charge in [0, 0.05) is 33.7 Å². The van der Waals surface area contributed by atoms with Crippen LogP contribution in [-0.2, 0) is 4.79 Å². The molecule has 0 saturated carbocycles. The molecule has 0 aliphatic carbocycles. The summed E-state index contributed by atoms with van der Waals surface area (Å²) in [7, 11) is 0. The van der Waals surface area contributed by atoms with E-state index in [2.05, 4.69) is 28.2 Å². The zero-order valence-electron chi connectivity index (χ0n) is 17.0. The number of thioether (sulfide) groups is 1. The van der Waals surface area contributed by atoms with Crippen molar-refractivity contribution >= 4 is 35.0 Å². The topological polar surface area (TPSA) is 87.7 Å². The number of hydrogen-bond donors (Lipinski definition) is 2. The number of halogens is 1. The van der Waals surface area contributed by atoms with E-state index in [-0.39, 0.29) is 0 Å². The number of carboxylic acid groups (broad SMARTS) is 1. The maximum absolute atomic E-state index is 10.8. The first-order valence-electron chi connectivity index (χ1n) is 9.19. The Kier molecular flexibility index (Phi) is 6.65. The number of aliphatic imine (C=N–C) groups is 1. The number of nitrogens with zero attached hydrogens (tertiary/aromatic N) is 3. The third-order valence-corrected chi connectivity index (χ3v) is 5.74. The molecule has 2 heterocycles. The molecule has 0 amide bonds. The van der Waals surface area contributed by atoms with E-state index in [9.17, 15) is 5.11 Å². The van der Waals surface area contributed by atoms with Crippen LogP contribution in [0.25, 0.3) is 5.69 Å². The number of aliphatic carboxylic acids is 1. The van der Waals surface area contributed by atoms with Crippen LogP contribution in [0, 0.1) is 13.8 Å². The van der Waals surface area contributed by atoms with Crippen molar-refractivity contribution in [3.63, 3.8) is 0 Å². The highest BCUT2D eigenvalue weighted by atomic mass is 35.5. The SMILES string of the molecule is CC(=O)O.CSc1ccc2c(c1)C(c1ccccc1Cl)=NC(O)c1nc(C)c(C)n1-2. The van der Waals surface area contributed by atoms with Gasteiger partial charge in [-0.25, -0.2) is 9.98 Å². The molecule has 30 heavy (non-hydrogen) atoms. The smallest absolute Gasteiger partial charge is 0.300 e. The second-order valence-electron chi connectivity index (χ2n) is 6.71. The molecule has 156 valence electrons. The lowest BCUT2D eigenvalue weighted by Crippen LogP contribution is -2.09. The first-order chi connectivity index (χ1) is 14.2. The van der Waals surface area contributed by atoms with Crippen LogP contribution in [0.1, 0.15) is 41.5 Å². The van der Waals surface area contributed by atoms with E-state index in [1.54, 1.807) is 11.8 Å². The summed E-state index contributed by atoms with van der Waals surface area (Å²) in [6, 6.07) is 13.8. The van der Waals surface area contributed by atoms with Gasteiger partial charge in [-0.15, -0.1) is 11.8 Å². The van der Waals surface area contributed by atoms with Crippen molar-refractivity contribution in [3.05, 3.63) is 75.8 Å². The molecule has 1 unspecified atom stereocenters. The number of hydrogen-bond acceptors (Lipinski definition) is 5. The van der Waals surface area contributed by atoms with Crippen molar-refractivity contribution in [1.82, 2.24) is 9.55 Å². The second-order valence-corrected chi connectivity index (χ2v) is 8.00. The average molecular weight is 444 g/mol. The van der Waals surface area contributed by atoms with Crippen LogP contribution >= 0.6 is 23.4 Å². The van der Waals surface area contributed by atoms with Crippen LogP contribution in [0.2, 0.25) is 5.02 Å². The minimum atomic E-state index is -1.06. The van der Waals surface area contributed by atoms with Crippen LogP contribution < -0.4 is 0 Å². The lowest BCUT2D eigenvalue weighted by atomic mass is 10.00. The molecule has 0 bridgehead atoms. The van der Waals surface area contributed by atoms with E-state index in [0.717, 1.165) is 40.0 Å². The normalized spacial score (nSPS) is 14.6. The number of aryl methyl sites for hydroxylation is 1. The Labute approximate surface area is 184 Å². The van der Waals surface area contributed by atoms with Gasteiger partial charge >= 0.3 is 0 Å². The molecule has 1 aromatic heterocycles. The lowest BCUT2D eigenvalue weighted by molar-refractivity contribution is -0.134. The molecule has 2 aromatic carbocycles. The summed E-state index contributed by atoms with van der Waals surface area (Å²) in [5.41, 5.74) is 5.24. The van der Waals surface area contributed by atoms with Gasteiger partial charge in [-0.2, -0.15) is 0 Å². The van der Waals surface area contributed by atoms with Crippen LogP contribution in [0.5, 0.6) is 0 Å². The largest absolute Gasteiger partial charge is 0.481 e. The second kappa shape index (κ2) is 9.04. The molecule has 0 spiro atoms. The average Bonchev–Trinajstić information content (AvgIpc) is 2.94. The monoisotopic (exact) mass is 443 g/mol. The quantitative estimate of drug-likeness (QED) is 0.555. The number of carboxylic acids is 1. The molecule has 1 atom stereocenters. The van der Waals surface area contributed by atoms with Crippen LogP contribution in [0.3, 0.4) is 0 Å². The predicted octanol–water partition coefficient (Wildman–Crippen LogP) is 4.80. The molecule has 8 heteroatoms. The highest BCUT2D eigenvalue weighted by Gasteiger charge is 2.28. The summed E-state index contributed by atoms with van der Waals surface area (Å²) in [6.07, 6.45) is 0.983. The molecule has 1 aliphatic rings. The van der Waals surface area contributed by atoms with Gasteiger partial charge in [-0.1, -0.05) is 29.8 Å². The van der Waals surface area contributed by atoms with Crippen molar-refractivity contribution in [2.75, 3.05) is 6.26 Å². The van der Waals surface area contributed by atoms with Gasteiger partial charge in [0.1, 0.15) is 0 Å². The van der Waals surface area contributed by atoms with Gasteiger partial charge in [-0.05, 0) is 44.4 Å². The molecular formula is C22H22ClN3O3S. The van der Waals surface area contributed by atoms with E-state index in [1.807, 2.05) is 48.9 Å². The number of carbonyl (C=O) groups is 1. The van der Waals surface area contributed by atoms with Crippen molar-refractivity contribution in [2.45, 2.75) is 31.9 Å². The molecule has 2 N–H and O–H groups in total. The number of aliphatic hydroxyl groups excluding tert-OH is 1. The number of rotatable bonds is 2. The summed E-state index contributed by atoms with van der Waals surface area (Å²) in [5.74, 6) is -0.305. The summed E-state index contributed by atoms with van der Waals surface area (Å²) in [5, 5.41) is 18.8. The van der Waals surface area contributed by atoms with Crippen molar-refractivity contribution in [3.8, 4) is 5.69 Å². The molecule has 4 rings (SSSR count). The Bertz CT molecular complexity index is 1140. The highest BCUT2D eigenvalue weighted by molar-refractivity contribution is 7.98. The summed E-state index contributed by atoms with van der Waals surface area (Å²) in [6.45, 7) is 5.03. The molecule has 3 aromatic rings.